The summed E-state index contributed by atoms with van der Waals surface area (Å²) in [6, 6.07) is 7.99. The van der Waals surface area contributed by atoms with E-state index in [1.165, 1.54) is 30.4 Å². The molecule has 1 aromatic rings. The van der Waals surface area contributed by atoms with Crippen molar-refractivity contribution < 1.29 is 9.53 Å². The average Bonchev–Trinajstić information content (AvgIpc) is 2.56. The number of unbranched alkanes of at least 4 members (excludes halogenated alkanes) is 2. The Morgan fingerprint density at radius 3 is 2.55 bits per heavy atom. The van der Waals surface area contributed by atoms with Crippen molar-refractivity contribution in [1.82, 2.24) is 0 Å². The highest BCUT2D eigenvalue weighted by atomic mass is 16.5. The fourth-order valence-electron chi connectivity index (χ4n) is 2.96. The van der Waals surface area contributed by atoms with E-state index < -0.39 is 0 Å². The number of hydrogen-bond donors (Lipinski definition) is 0. The summed E-state index contributed by atoms with van der Waals surface area (Å²) in [5.74, 6) is 1.39. The number of benzene rings is 1. The third kappa shape index (κ3) is 5.01. The van der Waals surface area contributed by atoms with Crippen molar-refractivity contribution in [1.29, 1.82) is 0 Å². The van der Waals surface area contributed by atoms with Crippen molar-refractivity contribution in [2.45, 2.75) is 65.2 Å². The molecule has 2 nitrogen and oxygen atoms in total. The maximum absolute atomic E-state index is 11.7. The summed E-state index contributed by atoms with van der Waals surface area (Å²) < 4.78 is 5.38. The highest BCUT2D eigenvalue weighted by Crippen LogP contribution is 2.32. The molecule has 1 atom stereocenters. The Kier molecular flexibility index (Phi) is 6.70. The van der Waals surface area contributed by atoms with Gasteiger partial charge in [0.05, 0.1) is 0 Å². The molecule has 2 rings (SSSR count). The smallest absolute Gasteiger partial charge is 0.311 e. The van der Waals surface area contributed by atoms with Crippen molar-refractivity contribution in [3.63, 3.8) is 0 Å². The van der Waals surface area contributed by atoms with Crippen molar-refractivity contribution in [2.24, 2.45) is 5.92 Å². The van der Waals surface area contributed by atoms with Crippen LogP contribution in [0.15, 0.2) is 30.3 Å². The quantitative estimate of drug-likeness (QED) is 0.363. The zero-order valence-corrected chi connectivity index (χ0v) is 13.9. The van der Waals surface area contributed by atoms with Gasteiger partial charge in [-0.15, -0.1) is 0 Å². The fourth-order valence-corrected chi connectivity index (χ4v) is 2.96. The van der Waals surface area contributed by atoms with Crippen LogP contribution < -0.4 is 4.74 Å². The highest BCUT2D eigenvalue weighted by molar-refractivity contribution is 5.73. The molecule has 1 aliphatic rings. The van der Waals surface area contributed by atoms with Gasteiger partial charge in [0.1, 0.15) is 5.75 Å². The molecule has 0 aliphatic heterocycles. The molecular weight excluding hydrogens is 272 g/mol. The lowest BCUT2D eigenvalue weighted by atomic mass is 9.85. The Morgan fingerprint density at radius 1 is 1.18 bits per heavy atom. The minimum Gasteiger partial charge on any atom is -0.427 e. The number of carbonyl (C=O) groups excluding carboxylic acids is 1. The summed E-state index contributed by atoms with van der Waals surface area (Å²) in [7, 11) is 0. The van der Waals surface area contributed by atoms with Crippen LogP contribution in [-0.2, 0) is 4.79 Å². The van der Waals surface area contributed by atoms with Crippen LogP contribution in [0.5, 0.6) is 5.75 Å². The van der Waals surface area contributed by atoms with Crippen LogP contribution in [0.25, 0.3) is 5.57 Å². The Morgan fingerprint density at radius 2 is 1.95 bits per heavy atom. The van der Waals surface area contributed by atoms with Gasteiger partial charge in [-0.3, -0.25) is 4.79 Å². The summed E-state index contributed by atoms with van der Waals surface area (Å²) in [4.78, 5) is 11.7. The van der Waals surface area contributed by atoms with E-state index in [9.17, 15) is 4.79 Å². The molecule has 0 heterocycles. The predicted octanol–water partition coefficient (Wildman–Crippen LogP) is 5.77. The van der Waals surface area contributed by atoms with E-state index >= 15 is 0 Å². The normalized spacial score (nSPS) is 17.9. The first-order chi connectivity index (χ1) is 10.7. The second-order valence-corrected chi connectivity index (χ2v) is 6.23. The molecule has 0 spiro atoms. The maximum Gasteiger partial charge on any atom is 0.311 e. The molecule has 22 heavy (non-hydrogen) atoms. The zero-order valence-electron chi connectivity index (χ0n) is 13.9. The minimum absolute atomic E-state index is 0.121. The van der Waals surface area contributed by atoms with E-state index in [4.69, 9.17) is 4.74 Å². The van der Waals surface area contributed by atoms with Gasteiger partial charge in [-0.05, 0) is 54.9 Å². The molecule has 0 N–H and O–H groups in total. The summed E-state index contributed by atoms with van der Waals surface area (Å²) in [5, 5.41) is 0. The van der Waals surface area contributed by atoms with Crippen LogP contribution in [0.2, 0.25) is 0 Å². The van der Waals surface area contributed by atoms with Crippen molar-refractivity contribution >= 4 is 11.5 Å². The molecule has 1 aromatic carbocycles. The van der Waals surface area contributed by atoms with E-state index in [2.05, 4.69) is 32.1 Å². The first kappa shape index (κ1) is 16.8. The van der Waals surface area contributed by atoms with Gasteiger partial charge >= 0.3 is 5.97 Å². The van der Waals surface area contributed by atoms with Crippen LogP contribution >= 0.6 is 0 Å². The monoisotopic (exact) mass is 300 g/mol. The van der Waals surface area contributed by atoms with Crippen molar-refractivity contribution in [2.75, 3.05) is 0 Å². The Hall–Kier alpha value is -1.57. The first-order valence-corrected chi connectivity index (χ1v) is 8.73. The lowest BCUT2D eigenvalue weighted by Gasteiger charge is -2.20. The van der Waals surface area contributed by atoms with Crippen molar-refractivity contribution in [3.8, 4) is 5.75 Å². The van der Waals surface area contributed by atoms with E-state index in [0.29, 0.717) is 12.2 Å². The Balaban J connectivity index is 1.88. The SMILES string of the molecule is CCCCCC(=O)Oc1ccc(C2=CCC(CC)CC2)cc1. The molecule has 0 bridgehead atoms. The zero-order chi connectivity index (χ0) is 15.8. The fraction of sp³-hybridized carbons (Fsp3) is 0.550. The largest absolute Gasteiger partial charge is 0.427 e. The molecule has 2 heteroatoms. The summed E-state index contributed by atoms with van der Waals surface area (Å²) in [6.07, 6.45) is 10.9. The Labute approximate surface area is 134 Å². The van der Waals surface area contributed by atoms with Gasteiger partial charge in [-0.2, -0.15) is 0 Å². The third-order valence-corrected chi connectivity index (χ3v) is 4.54. The summed E-state index contributed by atoms with van der Waals surface area (Å²) in [6.45, 7) is 4.40. The van der Waals surface area contributed by atoms with Crippen molar-refractivity contribution in [3.05, 3.63) is 35.9 Å². The number of hydrogen-bond acceptors (Lipinski definition) is 2. The van der Waals surface area contributed by atoms with Gasteiger partial charge in [0.25, 0.3) is 0 Å². The molecule has 120 valence electrons. The third-order valence-electron chi connectivity index (χ3n) is 4.54. The molecule has 0 radical (unpaired) electrons. The number of allylic oxidation sites excluding steroid dienone is 2. The van der Waals surface area contributed by atoms with E-state index in [0.717, 1.165) is 31.6 Å². The van der Waals surface area contributed by atoms with Crippen LogP contribution in [-0.4, -0.2) is 5.97 Å². The molecule has 0 aromatic heterocycles. The maximum atomic E-state index is 11.7. The van der Waals surface area contributed by atoms with Gasteiger partial charge in [0, 0.05) is 6.42 Å². The van der Waals surface area contributed by atoms with Crippen LogP contribution in [0, 0.1) is 5.92 Å². The minimum atomic E-state index is -0.121. The van der Waals surface area contributed by atoms with Crippen LogP contribution in [0.4, 0.5) is 0 Å². The lowest BCUT2D eigenvalue weighted by Crippen LogP contribution is -2.07. The summed E-state index contributed by atoms with van der Waals surface area (Å²) >= 11 is 0. The Bertz CT molecular complexity index is 499. The van der Waals surface area contributed by atoms with Gasteiger partial charge < -0.3 is 4.74 Å². The van der Waals surface area contributed by atoms with E-state index in [1.54, 1.807) is 0 Å². The molecule has 0 fully saturated rings. The van der Waals surface area contributed by atoms with Gasteiger partial charge in [0.2, 0.25) is 0 Å². The van der Waals surface area contributed by atoms with Gasteiger partial charge in [0.15, 0.2) is 0 Å². The second kappa shape index (κ2) is 8.77. The van der Waals surface area contributed by atoms with E-state index in [-0.39, 0.29) is 5.97 Å². The predicted molar refractivity (Wildman–Crippen MR) is 91.8 cm³/mol. The number of carbonyl (C=O) groups is 1. The number of esters is 1. The number of ether oxygens (including phenoxy) is 1. The molecule has 0 saturated carbocycles. The lowest BCUT2D eigenvalue weighted by molar-refractivity contribution is -0.134. The van der Waals surface area contributed by atoms with Crippen LogP contribution in [0.3, 0.4) is 0 Å². The van der Waals surface area contributed by atoms with Crippen LogP contribution in [0.1, 0.15) is 70.8 Å². The number of rotatable bonds is 7. The van der Waals surface area contributed by atoms with Gasteiger partial charge in [-0.1, -0.05) is 51.3 Å². The highest BCUT2D eigenvalue weighted by Gasteiger charge is 2.14. The average molecular weight is 300 g/mol. The topological polar surface area (TPSA) is 26.3 Å². The molecule has 0 saturated heterocycles. The first-order valence-electron chi connectivity index (χ1n) is 8.73. The molecular formula is C20H28O2. The second-order valence-electron chi connectivity index (χ2n) is 6.23. The molecule has 0 amide bonds. The molecule has 1 aliphatic carbocycles. The van der Waals surface area contributed by atoms with E-state index in [1.807, 2.05) is 12.1 Å². The van der Waals surface area contributed by atoms with Gasteiger partial charge in [-0.25, -0.2) is 0 Å². The standard InChI is InChI=1S/C20H28O2/c1-3-5-6-7-20(21)22-19-14-12-18(13-15-19)17-10-8-16(4-2)9-11-17/h10,12-16H,3-9,11H2,1-2H3. The molecule has 1 unspecified atom stereocenters. The summed E-state index contributed by atoms with van der Waals surface area (Å²) in [5.41, 5.74) is 2.70.